The second kappa shape index (κ2) is 10.8. The summed E-state index contributed by atoms with van der Waals surface area (Å²) in [5, 5.41) is 0. The number of aryl methyl sites for hydroxylation is 2. The molecule has 4 rings (SSSR count). The number of aromatic nitrogens is 5. The third kappa shape index (κ3) is 5.76. The van der Waals surface area contributed by atoms with Crippen molar-refractivity contribution in [3.05, 3.63) is 59.0 Å². The molecular formula is C25H27F4N7O2. The maximum absolute atomic E-state index is 14.9. The zero-order valence-electron chi connectivity index (χ0n) is 21.3. The highest BCUT2D eigenvalue weighted by Gasteiger charge is 2.35. The van der Waals surface area contributed by atoms with E-state index < -0.39 is 17.7 Å². The molecule has 0 spiro atoms. The van der Waals surface area contributed by atoms with Crippen LogP contribution in [-0.2, 0) is 24.1 Å². The zero-order chi connectivity index (χ0) is 27.6. The highest BCUT2D eigenvalue weighted by Crippen LogP contribution is 2.37. The number of methoxy groups -OCH3 is 1. The fourth-order valence-electron chi connectivity index (χ4n) is 3.89. The molecule has 0 atom stereocenters. The van der Waals surface area contributed by atoms with Gasteiger partial charge in [0.1, 0.15) is 17.9 Å². The molecule has 0 unspecified atom stereocenters. The number of nitrogens with zero attached hydrogens (tertiary/aromatic N) is 6. The Labute approximate surface area is 216 Å². The Morgan fingerprint density at radius 2 is 1.95 bits per heavy atom. The topological polar surface area (TPSA) is 113 Å². The van der Waals surface area contributed by atoms with Gasteiger partial charge in [-0.1, -0.05) is 0 Å². The summed E-state index contributed by atoms with van der Waals surface area (Å²) in [5.74, 6) is -0.152. The van der Waals surface area contributed by atoms with Crippen LogP contribution >= 0.6 is 0 Å². The summed E-state index contributed by atoms with van der Waals surface area (Å²) in [6.45, 7) is 3.45. The molecule has 0 aromatic carbocycles. The lowest BCUT2D eigenvalue weighted by molar-refractivity contribution is -0.140. The fraction of sp³-hybridized carbons (Fsp3) is 0.400. The summed E-state index contributed by atoms with van der Waals surface area (Å²) in [5.41, 5.74) is 6.91. The summed E-state index contributed by atoms with van der Waals surface area (Å²) >= 11 is 0. The molecule has 1 fully saturated rings. The molecule has 38 heavy (non-hydrogen) atoms. The van der Waals surface area contributed by atoms with Crippen LogP contribution in [0.25, 0.3) is 17.1 Å². The number of allylic oxidation sites excluding steroid dienone is 1. The van der Waals surface area contributed by atoms with Gasteiger partial charge in [0, 0.05) is 49.2 Å². The van der Waals surface area contributed by atoms with Crippen LogP contribution in [0.3, 0.4) is 0 Å². The Hall–Kier alpha value is -4.03. The number of hydrogen-bond acceptors (Lipinski definition) is 8. The third-order valence-corrected chi connectivity index (χ3v) is 5.89. The van der Waals surface area contributed by atoms with Gasteiger partial charge < -0.3 is 19.8 Å². The van der Waals surface area contributed by atoms with Crippen molar-refractivity contribution in [2.75, 3.05) is 14.2 Å². The van der Waals surface area contributed by atoms with Gasteiger partial charge in [0.15, 0.2) is 29.0 Å². The second-order valence-corrected chi connectivity index (χ2v) is 8.69. The smallest absolute Gasteiger partial charge is 0.434 e. The second-order valence-electron chi connectivity index (χ2n) is 8.69. The van der Waals surface area contributed by atoms with Gasteiger partial charge in [-0.3, -0.25) is 4.99 Å². The molecule has 0 aliphatic heterocycles. The van der Waals surface area contributed by atoms with Crippen molar-refractivity contribution in [3.63, 3.8) is 0 Å². The lowest BCUT2D eigenvalue weighted by Crippen LogP contribution is -2.16. The van der Waals surface area contributed by atoms with Crippen LogP contribution in [0.2, 0.25) is 0 Å². The van der Waals surface area contributed by atoms with E-state index in [-0.39, 0.29) is 42.4 Å². The molecule has 1 saturated carbocycles. The quantitative estimate of drug-likeness (QED) is 0.244. The Morgan fingerprint density at radius 3 is 2.53 bits per heavy atom. The summed E-state index contributed by atoms with van der Waals surface area (Å²) in [6, 6.07) is 2.75. The molecule has 3 aromatic rings. The van der Waals surface area contributed by atoms with Crippen molar-refractivity contribution in [3.8, 4) is 17.4 Å². The van der Waals surface area contributed by atoms with Gasteiger partial charge in [0.25, 0.3) is 0 Å². The number of rotatable bonds is 9. The highest BCUT2D eigenvalue weighted by molar-refractivity contribution is 6.25. The zero-order valence-corrected chi connectivity index (χ0v) is 21.3. The van der Waals surface area contributed by atoms with Gasteiger partial charge in [-0.05, 0) is 32.8 Å². The standard InChI is InChI=1S/C25H27F4N7O2/c1-5-36-11-17(25(27,28)29)34-24(36)21-16(26)9-14(10-32-21)12-38-18-8-13(2)33-23(35-18)19(22(30)37-4)20(31-3)15-6-7-15/h8-11,15H,5-7,12,30H2,1-4H3. The summed E-state index contributed by atoms with van der Waals surface area (Å²) in [4.78, 5) is 20.9. The van der Waals surface area contributed by atoms with E-state index in [2.05, 4.69) is 24.9 Å². The van der Waals surface area contributed by atoms with Crippen molar-refractivity contribution in [1.29, 1.82) is 0 Å². The predicted molar refractivity (Wildman–Crippen MR) is 131 cm³/mol. The van der Waals surface area contributed by atoms with Crippen molar-refractivity contribution in [1.82, 2.24) is 24.5 Å². The highest BCUT2D eigenvalue weighted by atomic mass is 19.4. The van der Waals surface area contributed by atoms with E-state index in [0.29, 0.717) is 22.7 Å². The van der Waals surface area contributed by atoms with Crippen LogP contribution in [0.15, 0.2) is 35.4 Å². The minimum Gasteiger partial charge on any atom is -0.482 e. The Bertz CT molecular complexity index is 1390. The van der Waals surface area contributed by atoms with E-state index in [0.717, 1.165) is 30.8 Å². The van der Waals surface area contributed by atoms with Gasteiger partial charge in [0.05, 0.1) is 12.8 Å². The fourth-order valence-corrected chi connectivity index (χ4v) is 3.89. The number of hydrogen-bond donors (Lipinski definition) is 1. The summed E-state index contributed by atoms with van der Waals surface area (Å²) in [6.07, 6.45) is -0.545. The Morgan fingerprint density at radius 1 is 1.21 bits per heavy atom. The Balaban J connectivity index is 1.58. The summed E-state index contributed by atoms with van der Waals surface area (Å²) in [7, 11) is 3.12. The van der Waals surface area contributed by atoms with E-state index in [4.69, 9.17) is 15.2 Å². The maximum atomic E-state index is 14.9. The number of alkyl halides is 3. The van der Waals surface area contributed by atoms with Crippen LogP contribution in [0, 0.1) is 18.7 Å². The molecule has 2 N–H and O–H groups in total. The molecule has 202 valence electrons. The maximum Gasteiger partial charge on any atom is 0.434 e. The number of halogens is 4. The van der Waals surface area contributed by atoms with Crippen LogP contribution in [0.1, 0.15) is 42.5 Å². The van der Waals surface area contributed by atoms with Crippen LogP contribution < -0.4 is 10.5 Å². The van der Waals surface area contributed by atoms with Crippen molar-refractivity contribution in [2.24, 2.45) is 16.6 Å². The number of nitrogens with two attached hydrogens (primary N) is 1. The molecule has 0 amide bonds. The first kappa shape index (κ1) is 27.0. The molecular weight excluding hydrogens is 506 g/mol. The first-order chi connectivity index (χ1) is 18.0. The van der Waals surface area contributed by atoms with E-state index in [1.54, 1.807) is 27.0 Å². The first-order valence-corrected chi connectivity index (χ1v) is 11.8. The average molecular weight is 534 g/mol. The minimum absolute atomic E-state index is 0.105. The monoisotopic (exact) mass is 533 g/mol. The van der Waals surface area contributed by atoms with E-state index in [1.807, 2.05) is 0 Å². The average Bonchev–Trinajstić information content (AvgIpc) is 3.61. The molecule has 0 bridgehead atoms. The van der Waals surface area contributed by atoms with Gasteiger partial charge in [-0.25, -0.2) is 19.3 Å². The number of imidazole rings is 1. The molecule has 1 aliphatic rings. The molecule has 9 nitrogen and oxygen atoms in total. The van der Waals surface area contributed by atoms with E-state index >= 15 is 0 Å². The Kier molecular flexibility index (Phi) is 7.65. The van der Waals surface area contributed by atoms with Crippen LogP contribution in [0.5, 0.6) is 5.88 Å². The molecule has 3 aromatic heterocycles. The van der Waals surface area contributed by atoms with Gasteiger partial charge in [-0.15, -0.1) is 0 Å². The van der Waals surface area contributed by atoms with Crippen molar-refractivity contribution in [2.45, 2.75) is 46.0 Å². The van der Waals surface area contributed by atoms with Crippen molar-refractivity contribution < 1.29 is 27.0 Å². The number of pyridine rings is 1. The number of aliphatic imine (C=N–C) groups is 1. The molecule has 0 saturated heterocycles. The van der Waals surface area contributed by atoms with Crippen LogP contribution in [-0.4, -0.2) is 44.4 Å². The third-order valence-electron chi connectivity index (χ3n) is 5.89. The predicted octanol–water partition coefficient (Wildman–Crippen LogP) is 4.55. The van der Waals surface area contributed by atoms with Gasteiger partial charge >= 0.3 is 6.18 Å². The largest absolute Gasteiger partial charge is 0.482 e. The molecule has 0 radical (unpaired) electrons. The molecule has 13 heteroatoms. The van der Waals surface area contributed by atoms with E-state index in [1.165, 1.54) is 17.9 Å². The lowest BCUT2D eigenvalue weighted by atomic mass is 10.1. The van der Waals surface area contributed by atoms with Gasteiger partial charge in [0.2, 0.25) is 5.88 Å². The SMILES string of the molecule is CCn1cc(C(F)(F)F)nc1-c1ncc(COc2cc(C)nc(C(C(=NC)C3CC3)=C(N)OC)n2)cc1F. The van der Waals surface area contributed by atoms with Crippen LogP contribution in [0.4, 0.5) is 17.6 Å². The van der Waals surface area contributed by atoms with Crippen molar-refractivity contribution >= 4 is 11.3 Å². The minimum atomic E-state index is -4.65. The molecule has 3 heterocycles. The lowest BCUT2D eigenvalue weighted by Gasteiger charge is -2.14. The number of ether oxygens (including phenoxy) is 2. The first-order valence-electron chi connectivity index (χ1n) is 11.8. The summed E-state index contributed by atoms with van der Waals surface area (Å²) < 4.78 is 66.5. The normalized spacial score (nSPS) is 14.9. The van der Waals surface area contributed by atoms with Gasteiger partial charge in [-0.2, -0.15) is 18.2 Å². The molecule has 1 aliphatic carbocycles. The van der Waals surface area contributed by atoms with E-state index in [9.17, 15) is 17.6 Å².